The minimum absolute atomic E-state index is 0.778. The third-order valence-corrected chi connectivity index (χ3v) is 2.80. The van der Waals surface area contributed by atoms with Crippen LogP contribution in [0.5, 0.6) is 0 Å². The van der Waals surface area contributed by atoms with E-state index in [-0.39, 0.29) is 0 Å². The topological polar surface area (TPSA) is 44.5 Å². The van der Waals surface area contributed by atoms with Gasteiger partial charge in [-0.05, 0) is 13.0 Å². The van der Waals surface area contributed by atoms with Gasteiger partial charge in [0.1, 0.15) is 0 Å². The van der Waals surface area contributed by atoms with Gasteiger partial charge in [0.05, 0.1) is 26.4 Å². The Bertz CT molecular complexity index is 108. The summed E-state index contributed by atoms with van der Waals surface area (Å²) in [6, 6.07) is 0. The number of ether oxygens (including phenoxy) is 2. The molecule has 0 aromatic heterocycles. The van der Waals surface area contributed by atoms with E-state index in [1.165, 1.54) is 51.4 Å². The lowest BCUT2D eigenvalue weighted by Crippen LogP contribution is -2.16. The summed E-state index contributed by atoms with van der Waals surface area (Å²) in [6.45, 7) is 6.24. The van der Waals surface area contributed by atoms with Gasteiger partial charge in [0.2, 0.25) is 0 Å². The number of hydrogen-bond acceptors (Lipinski definition) is 3. The summed E-state index contributed by atoms with van der Waals surface area (Å²) < 4.78 is 9.89. The van der Waals surface area contributed by atoms with Gasteiger partial charge in [-0.1, -0.05) is 51.9 Å². The largest absolute Gasteiger partial charge is 0.377 e. The molecule has 0 unspecified atom stereocenters. The molecule has 0 amide bonds. The lowest BCUT2D eigenvalue weighted by atomic mass is 10.1. The van der Waals surface area contributed by atoms with Crippen molar-refractivity contribution in [2.24, 2.45) is 5.73 Å². The lowest BCUT2D eigenvalue weighted by Gasteiger charge is -2.09. The van der Waals surface area contributed by atoms with Crippen LogP contribution in [0.15, 0.2) is 0 Å². The van der Waals surface area contributed by atoms with Crippen LogP contribution in [0.3, 0.4) is 0 Å². The molecule has 1 saturated heterocycles. The minimum atomic E-state index is 0.778. The molecule has 0 aliphatic carbocycles. The number of rotatable bonds is 8. The number of nitrogens with two attached hydrogens (primary N) is 1. The van der Waals surface area contributed by atoms with Gasteiger partial charge in [0.25, 0.3) is 0 Å². The minimum Gasteiger partial charge on any atom is -0.377 e. The average Bonchev–Trinajstić information content (AvgIpc) is 2.41. The van der Waals surface area contributed by atoms with Gasteiger partial charge in [0.15, 0.2) is 0 Å². The normalized spacial score (nSPS) is 15.2. The molecule has 0 spiro atoms. The van der Waals surface area contributed by atoms with E-state index in [4.69, 9.17) is 15.2 Å². The molecule has 104 valence electrons. The molecule has 17 heavy (non-hydrogen) atoms. The number of unbranched alkanes of at least 4 members (excludes halogenated alkanes) is 7. The average molecular weight is 245 g/mol. The van der Waals surface area contributed by atoms with Gasteiger partial charge in [-0.15, -0.1) is 0 Å². The van der Waals surface area contributed by atoms with Crippen molar-refractivity contribution < 1.29 is 9.47 Å². The first-order valence-electron chi connectivity index (χ1n) is 7.27. The van der Waals surface area contributed by atoms with E-state index < -0.39 is 0 Å². The Morgan fingerprint density at radius 1 is 0.706 bits per heavy atom. The van der Waals surface area contributed by atoms with Gasteiger partial charge in [0, 0.05) is 0 Å². The van der Waals surface area contributed by atoms with E-state index in [0.717, 1.165) is 33.0 Å². The van der Waals surface area contributed by atoms with E-state index in [2.05, 4.69) is 6.92 Å². The molecule has 1 rings (SSSR count). The zero-order valence-corrected chi connectivity index (χ0v) is 11.6. The van der Waals surface area contributed by atoms with Crippen LogP contribution < -0.4 is 5.73 Å². The zero-order chi connectivity index (χ0) is 12.6. The fourth-order valence-corrected chi connectivity index (χ4v) is 1.72. The highest BCUT2D eigenvalue weighted by Crippen LogP contribution is 2.07. The molecule has 0 aromatic rings. The van der Waals surface area contributed by atoms with Crippen molar-refractivity contribution in [1.29, 1.82) is 0 Å². The van der Waals surface area contributed by atoms with Gasteiger partial charge in [-0.3, -0.25) is 0 Å². The van der Waals surface area contributed by atoms with Crippen molar-refractivity contribution in [2.45, 2.75) is 58.3 Å². The van der Waals surface area contributed by atoms with E-state index in [1.807, 2.05) is 0 Å². The monoisotopic (exact) mass is 245 g/mol. The molecule has 0 bridgehead atoms. The molecule has 0 aromatic carbocycles. The maximum absolute atomic E-state index is 5.39. The second-order valence-electron chi connectivity index (χ2n) is 4.49. The van der Waals surface area contributed by atoms with E-state index in [1.54, 1.807) is 0 Å². The van der Waals surface area contributed by atoms with Crippen LogP contribution in [0.4, 0.5) is 0 Å². The maximum Gasteiger partial charge on any atom is 0.0701 e. The highest BCUT2D eigenvalue weighted by Gasteiger charge is 1.94. The summed E-state index contributed by atoms with van der Waals surface area (Å²) in [5.74, 6) is 0. The Morgan fingerprint density at radius 2 is 1.12 bits per heavy atom. The maximum atomic E-state index is 5.39. The first-order chi connectivity index (χ1) is 8.41. The molecule has 3 nitrogen and oxygen atoms in total. The van der Waals surface area contributed by atoms with Gasteiger partial charge in [-0.2, -0.15) is 0 Å². The fourth-order valence-electron chi connectivity index (χ4n) is 1.72. The molecule has 1 fully saturated rings. The molecule has 3 heteroatoms. The van der Waals surface area contributed by atoms with Crippen LogP contribution in [0, 0.1) is 0 Å². The van der Waals surface area contributed by atoms with Crippen LogP contribution >= 0.6 is 0 Å². The molecule has 1 aliphatic rings. The Kier molecular flexibility index (Phi) is 15.8. The Hall–Kier alpha value is -0.120. The number of hydrogen-bond donors (Lipinski definition) is 1. The molecular formula is C14H31NO2. The zero-order valence-electron chi connectivity index (χ0n) is 11.6. The first kappa shape index (κ1) is 16.9. The summed E-state index contributed by atoms with van der Waals surface area (Å²) >= 11 is 0. The lowest BCUT2D eigenvalue weighted by molar-refractivity contribution is -0.0334. The molecule has 1 aliphatic heterocycles. The van der Waals surface area contributed by atoms with Crippen LogP contribution in [0.25, 0.3) is 0 Å². The quantitative estimate of drug-likeness (QED) is 0.668. The summed E-state index contributed by atoms with van der Waals surface area (Å²) in [5.41, 5.74) is 5.39. The van der Waals surface area contributed by atoms with Gasteiger partial charge in [-0.25, -0.2) is 0 Å². The van der Waals surface area contributed by atoms with Crippen LogP contribution in [0.2, 0.25) is 0 Å². The summed E-state index contributed by atoms with van der Waals surface area (Å²) in [7, 11) is 0. The third-order valence-electron chi connectivity index (χ3n) is 2.80. The highest BCUT2D eigenvalue weighted by atomic mass is 16.6. The van der Waals surface area contributed by atoms with Crippen molar-refractivity contribution in [3.8, 4) is 0 Å². The van der Waals surface area contributed by atoms with Gasteiger partial charge < -0.3 is 15.2 Å². The van der Waals surface area contributed by atoms with E-state index >= 15 is 0 Å². The SMILES string of the molecule is C1COCCO1.CCCCCCCCCCN. The van der Waals surface area contributed by atoms with Crippen LogP contribution in [-0.2, 0) is 9.47 Å². The predicted molar refractivity (Wildman–Crippen MR) is 73.3 cm³/mol. The fraction of sp³-hybridized carbons (Fsp3) is 1.00. The molecule has 0 radical (unpaired) electrons. The van der Waals surface area contributed by atoms with Crippen molar-refractivity contribution >= 4 is 0 Å². The summed E-state index contributed by atoms with van der Waals surface area (Å²) in [4.78, 5) is 0. The smallest absolute Gasteiger partial charge is 0.0701 e. The predicted octanol–water partition coefficient (Wildman–Crippen LogP) is 3.12. The van der Waals surface area contributed by atoms with Crippen molar-refractivity contribution in [3.63, 3.8) is 0 Å². The molecule has 1 heterocycles. The van der Waals surface area contributed by atoms with Crippen molar-refractivity contribution in [2.75, 3.05) is 33.0 Å². The highest BCUT2D eigenvalue weighted by molar-refractivity contribution is 4.45. The summed E-state index contributed by atoms with van der Waals surface area (Å²) in [6.07, 6.45) is 11.0. The van der Waals surface area contributed by atoms with Gasteiger partial charge >= 0.3 is 0 Å². The molecular weight excluding hydrogens is 214 g/mol. The van der Waals surface area contributed by atoms with Crippen molar-refractivity contribution in [1.82, 2.24) is 0 Å². The Balaban J connectivity index is 0.000000354. The molecule has 0 saturated carbocycles. The second kappa shape index (κ2) is 15.9. The Morgan fingerprint density at radius 3 is 1.47 bits per heavy atom. The third kappa shape index (κ3) is 15.9. The van der Waals surface area contributed by atoms with Crippen LogP contribution in [0.1, 0.15) is 58.3 Å². The summed E-state index contributed by atoms with van der Waals surface area (Å²) in [5, 5.41) is 0. The Labute approximate surface area is 107 Å². The van der Waals surface area contributed by atoms with Crippen LogP contribution in [-0.4, -0.2) is 33.0 Å². The molecule has 2 N–H and O–H groups in total. The van der Waals surface area contributed by atoms with E-state index in [0.29, 0.717) is 0 Å². The van der Waals surface area contributed by atoms with E-state index in [9.17, 15) is 0 Å². The molecule has 0 atom stereocenters. The standard InChI is InChI=1S/C10H23N.C4H8O2/c1-2-3-4-5-6-7-8-9-10-11;1-2-6-4-3-5-1/h2-11H2,1H3;1-4H2. The second-order valence-corrected chi connectivity index (χ2v) is 4.49. The first-order valence-corrected chi connectivity index (χ1v) is 7.27. The van der Waals surface area contributed by atoms with Crippen molar-refractivity contribution in [3.05, 3.63) is 0 Å².